The van der Waals surface area contributed by atoms with Crippen LogP contribution < -0.4 is 15.4 Å². The van der Waals surface area contributed by atoms with Crippen LogP contribution in [0.5, 0.6) is 5.75 Å². The third kappa shape index (κ3) is 4.49. The lowest BCUT2D eigenvalue weighted by Crippen LogP contribution is -2.36. The molecule has 3 aromatic carbocycles. The minimum absolute atomic E-state index is 0.0174. The second-order valence-electron chi connectivity index (χ2n) is 6.45. The van der Waals surface area contributed by atoms with E-state index in [2.05, 4.69) is 10.6 Å². The first-order valence-corrected chi connectivity index (χ1v) is 9.34. The topological polar surface area (TPSA) is 67.4 Å². The van der Waals surface area contributed by atoms with Gasteiger partial charge in [-0.1, -0.05) is 36.4 Å². The highest BCUT2D eigenvalue weighted by atomic mass is 16.5. The van der Waals surface area contributed by atoms with E-state index in [1.54, 1.807) is 7.11 Å². The zero-order chi connectivity index (χ0) is 19.9. The van der Waals surface area contributed by atoms with E-state index in [1.807, 2.05) is 67.6 Å². The lowest BCUT2D eigenvalue weighted by molar-refractivity contribution is 0.103. The lowest BCUT2D eigenvalue weighted by atomic mass is 9.94. The van der Waals surface area contributed by atoms with Crippen LogP contribution in [0.15, 0.2) is 60.7 Å². The van der Waals surface area contributed by atoms with Gasteiger partial charge >= 0.3 is 6.03 Å². The minimum Gasteiger partial charge on any atom is -0.497 e. The summed E-state index contributed by atoms with van der Waals surface area (Å²) in [6, 6.07) is 18.7. The maximum atomic E-state index is 12.9. The molecule has 0 fully saturated rings. The van der Waals surface area contributed by atoms with Gasteiger partial charge in [0.1, 0.15) is 5.75 Å². The summed E-state index contributed by atoms with van der Waals surface area (Å²) in [6.07, 6.45) is 0.608. The van der Waals surface area contributed by atoms with Gasteiger partial charge < -0.3 is 15.4 Å². The van der Waals surface area contributed by atoms with Gasteiger partial charge in [0, 0.05) is 24.2 Å². The molecule has 0 atom stereocenters. The van der Waals surface area contributed by atoms with Gasteiger partial charge in [-0.05, 0) is 53.9 Å². The number of amides is 2. The molecule has 0 radical (unpaired) electrons. The average molecular weight is 376 g/mol. The first kappa shape index (κ1) is 19.4. The zero-order valence-corrected chi connectivity index (χ0v) is 16.1. The Bertz CT molecular complexity index is 984. The van der Waals surface area contributed by atoms with Crippen molar-refractivity contribution in [2.45, 2.75) is 13.3 Å². The Morgan fingerprint density at radius 2 is 1.71 bits per heavy atom. The average Bonchev–Trinajstić information content (AvgIpc) is 2.73. The molecule has 3 aromatic rings. The SMILES string of the molecule is CCNC(=O)NCCc1cc(C(=O)c2ccccc2)cc2ccc(OC)cc12. The number of nitrogens with one attached hydrogen (secondary N) is 2. The van der Waals surface area contributed by atoms with Gasteiger partial charge in [0.25, 0.3) is 0 Å². The maximum absolute atomic E-state index is 12.9. The second-order valence-corrected chi connectivity index (χ2v) is 6.45. The largest absolute Gasteiger partial charge is 0.497 e. The van der Waals surface area contributed by atoms with Crippen LogP contribution in [0.1, 0.15) is 28.4 Å². The van der Waals surface area contributed by atoms with Crippen LogP contribution in [0.2, 0.25) is 0 Å². The smallest absolute Gasteiger partial charge is 0.314 e. The van der Waals surface area contributed by atoms with Crippen LogP contribution in [-0.2, 0) is 6.42 Å². The van der Waals surface area contributed by atoms with Gasteiger partial charge in [0.15, 0.2) is 5.78 Å². The van der Waals surface area contributed by atoms with Crippen molar-refractivity contribution in [3.05, 3.63) is 77.4 Å². The number of carbonyl (C=O) groups excluding carboxylic acids is 2. The monoisotopic (exact) mass is 376 g/mol. The molecule has 28 heavy (non-hydrogen) atoms. The Morgan fingerprint density at radius 3 is 2.43 bits per heavy atom. The van der Waals surface area contributed by atoms with E-state index in [9.17, 15) is 9.59 Å². The number of hydrogen-bond donors (Lipinski definition) is 2. The summed E-state index contributed by atoms with van der Waals surface area (Å²) in [4.78, 5) is 24.6. The number of benzene rings is 3. The molecule has 0 spiro atoms. The molecule has 0 aromatic heterocycles. The van der Waals surface area contributed by atoms with Crippen LogP contribution in [0.4, 0.5) is 4.79 Å². The summed E-state index contributed by atoms with van der Waals surface area (Å²) in [5, 5.41) is 7.54. The number of urea groups is 1. The Labute approximate surface area is 164 Å². The number of ether oxygens (including phenoxy) is 1. The fourth-order valence-corrected chi connectivity index (χ4v) is 3.17. The molecule has 0 saturated heterocycles. The number of hydrogen-bond acceptors (Lipinski definition) is 3. The van der Waals surface area contributed by atoms with E-state index in [4.69, 9.17) is 4.74 Å². The molecule has 2 N–H and O–H groups in total. The Kier molecular flexibility index (Phi) is 6.27. The third-order valence-corrected chi connectivity index (χ3v) is 4.56. The zero-order valence-electron chi connectivity index (χ0n) is 16.1. The van der Waals surface area contributed by atoms with Crippen LogP contribution in [-0.4, -0.2) is 32.0 Å². The molecular weight excluding hydrogens is 352 g/mol. The molecule has 0 unspecified atom stereocenters. The van der Waals surface area contributed by atoms with Crippen LogP contribution >= 0.6 is 0 Å². The molecule has 5 heteroatoms. The molecule has 0 aliphatic rings. The summed E-state index contributed by atoms with van der Waals surface area (Å²) in [7, 11) is 1.63. The third-order valence-electron chi connectivity index (χ3n) is 4.56. The van der Waals surface area contributed by atoms with E-state index in [0.29, 0.717) is 30.6 Å². The molecule has 0 heterocycles. The first-order valence-electron chi connectivity index (χ1n) is 9.34. The van der Waals surface area contributed by atoms with Crippen LogP contribution in [0, 0.1) is 0 Å². The van der Waals surface area contributed by atoms with Crippen molar-refractivity contribution < 1.29 is 14.3 Å². The minimum atomic E-state index is -0.194. The lowest BCUT2D eigenvalue weighted by Gasteiger charge is -2.12. The quantitative estimate of drug-likeness (QED) is 0.614. The van der Waals surface area contributed by atoms with Crippen molar-refractivity contribution in [1.29, 1.82) is 0 Å². The van der Waals surface area contributed by atoms with Crippen molar-refractivity contribution >= 4 is 22.6 Å². The number of fused-ring (bicyclic) bond motifs is 1. The van der Waals surface area contributed by atoms with Crippen molar-refractivity contribution in [2.75, 3.05) is 20.2 Å². The second kappa shape index (κ2) is 9.04. The van der Waals surface area contributed by atoms with Crippen molar-refractivity contribution in [3.8, 4) is 5.75 Å². The van der Waals surface area contributed by atoms with Crippen molar-refractivity contribution in [3.63, 3.8) is 0 Å². The molecule has 0 aliphatic heterocycles. The number of rotatable bonds is 7. The molecule has 144 valence electrons. The van der Waals surface area contributed by atoms with E-state index in [-0.39, 0.29) is 11.8 Å². The first-order chi connectivity index (χ1) is 13.6. The predicted octanol–water partition coefficient (Wildman–Crippen LogP) is 3.94. The summed E-state index contributed by atoms with van der Waals surface area (Å²) in [6.45, 7) is 2.92. The van der Waals surface area contributed by atoms with Gasteiger partial charge in [0.05, 0.1) is 7.11 Å². The van der Waals surface area contributed by atoms with Gasteiger partial charge in [0.2, 0.25) is 0 Å². The Hall–Kier alpha value is -3.34. The molecule has 5 nitrogen and oxygen atoms in total. The van der Waals surface area contributed by atoms with Crippen molar-refractivity contribution in [2.24, 2.45) is 0 Å². The molecule has 0 aliphatic carbocycles. The molecule has 0 bridgehead atoms. The molecule has 3 rings (SSSR count). The highest BCUT2D eigenvalue weighted by molar-refractivity contribution is 6.11. The molecule has 2 amide bonds. The van der Waals surface area contributed by atoms with Crippen molar-refractivity contribution in [1.82, 2.24) is 10.6 Å². The number of methoxy groups -OCH3 is 1. The summed E-state index contributed by atoms with van der Waals surface area (Å²) >= 11 is 0. The fraction of sp³-hybridized carbons (Fsp3) is 0.217. The van der Waals surface area contributed by atoms with Gasteiger partial charge in [-0.25, -0.2) is 4.79 Å². The van der Waals surface area contributed by atoms with Crippen LogP contribution in [0.3, 0.4) is 0 Å². The maximum Gasteiger partial charge on any atom is 0.314 e. The van der Waals surface area contributed by atoms with E-state index >= 15 is 0 Å². The summed E-state index contributed by atoms with van der Waals surface area (Å²) < 4.78 is 5.35. The number of carbonyl (C=O) groups is 2. The highest BCUT2D eigenvalue weighted by Crippen LogP contribution is 2.27. The normalized spacial score (nSPS) is 10.5. The fourth-order valence-electron chi connectivity index (χ4n) is 3.17. The van der Waals surface area contributed by atoms with Gasteiger partial charge in [-0.15, -0.1) is 0 Å². The van der Waals surface area contributed by atoms with E-state index in [1.165, 1.54) is 0 Å². The Balaban J connectivity index is 1.95. The standard InChI is InChI=1S/C23H24N2O3/c1-3-24-23(27)25-12-11-18-14-19(22(26)16-7-5-4-6-8-16)13-17-9-10-20(28-2)15-21(17)18/h4-10,13-15H,3,11-12H2,1-2H3,(H2,24,25,27). The van der Waals surface area contributed by atoms with E-state index in [0.717, 1.165) is 22.1 Å². The van der Waals surface area contributed by atoms with Gasteiger partial charge in [-0.3, -0.25) is 4.79 Å². The summed E-state index contributed by atoms with van der Waals surface area (Å²) in [5.74, 6) is 0.740. The number of ketones is 1. The Morgan fingerprint density at radius 1 is 0.929 bits per heavy atom. The molecule has 0 saturated carbocycles. The highest BCUT2D eigenvalue weighted by Gasteiger charge is 2.13. The summed E-state index contributed by atoms with van der Waals surface area (Å²) in [5.41, 5.74) is 2.28. The molecular formula is C23H24N2O3. The van der Waals surface area contributed by atoms with Crippen LogP contribution in [0.25, 0.3) is 10.8 Å². The van der Waals surface area contributed by atoms with E-state index < -0.39 is 0 Å². The van der Waals surface area contributed by atoms with Gasteiger partial charge in [-0.2, -0.15) is 0 Å². The predicted molar refractivity (Wildman–Crippen MR) is 111 cm³/mol.